The van der Waals surface area contributed by atoms with Crippen molar-refractivity contribution in [2.24, 2.45) is 0 Å². The van der Waals surface area contributed by atoms with E-state index in [0.717, 1.165) is 12.1 Å². The highest BCUT2D eigenvalue weighted by atomic mass is 35.5. The van der Waals surface area contributed by atoms with Crippen molar-refractivity contribution in [2.75, 3.05) is 11.1 Å². The zero-order chi connectivity index (χ0) is 15.6. The van der Waals surface area contributed by atoms with Crippen LogP contribution in [0.3, 0.4) is 0 Å². The van der Waals surface area contributed by atoms with E-state index in [1.165, 1.54) is 18.2 Å². The summed E-state index contributed by atoms with van der Waals surface area (Å²) in [6.07, 6.45) is -3.89. The molecule has 0 aliphatic rings. The Morgan fingerprint density at radius 1 is 1.24 bits per heavy atom. The monoisotopic (exact) mass is 315 g/mol. The third kappa shape index (κ3) is 3.63. The quantitative estimate of drug-likeness (QED) is 0.832. The maximum Gasteiger partial charge on any atom is 0.417 e. The maximum absolute atomic E-state index is 12.4. The fraction of sp³-hybridized carbons (Fsp3) is 0.0769. The average Bonchev–Trinajstić information content (AvgIpc) is 2.42. The van der Waals surface area contributed by atoms with E-state index < -0.39 is 17.6 Å². The van der Waals surface area contributed by atoms with Gasteiger partial charge in [-0.05, 0) is 30.3 Å². The number of nitrogens with zero attached hydrogens (tertiary/aromatic N) is 1. The fourth-order valence-electron chi connectivity index (χ4n) is 1.51. The summed E-state index contributed by atoms with van der Waals surface area (Å²) in [5.74, 6) is -0.648. The first kappa shape index (κ1) is 15.1. The largest absolute Gasteiger partial charge is 0.417 e. The van der Waals surface area contributed by atoms with E-state index in [1.807, 2.05) is 0 Å². The zero-order valence-electron chi connectivity index (χ0n) is 10.4. The number of aromatic nitrogens is 1. The second kappa shape index (κ2) is 5.61. The van der Waals surface area contributed by atoms with Crippen molar-refractivity contribution in [1.82, 2.24) is 4.98 Å². The van der Waals surface area contributed by atoms with Crippen molar-refractivity contribution >= 4 is 28.9 Å². The van der Waals surface area contributed by atoms with Gasteiger partial charge in [0.25, 0.3) is 5.91 Å². The molecule has 0 saturated carbocycles. The lowest BCUT2D eigenvalue weighted by molar-refractivity contribution is -0.137. The second-order valence-corrected chi connectivity index (χ2v) is 4.53. The topological polar surface area (TPSA) is 68.0 Å². The molecule has 0 atom stereocenters. The van der Waals surface area contributed by atoms with Gasteiger partial charge in [0.15, 0.2) is 0 Å². The Hall–Kier alpha value is -2.28. The maximum atomic E-state index is 12.4. The van der Waals surface area contributed by atoms with Crippen LogP contribution in [0.4, 0.5) is 24.5 Å². The van der Waals surface area contributed by atoms with E-state index in [1.54, 1.807) is 0 Å². The van der Waals surface area contributed by atoms with Gasteiger partial charge in [0, 0.05) is 11.9 Å². The number of nitrogens with two attached hydrogens (primary N) is 1. The van der Waals surface area contributed by atoms with E-state index in [9.17, 15) is 18.0 Å². The number of pyridine rings is 1. The van der Waals surface area contributed by atoms with E-state index in [2.05, 4.69) is 10.3 Å². The minimum Gasteiger partial charge on any atom is -0.397 e. The second-order valence-electron chi connectivity index (χ2n) is 4.12. The van der Waals surface area contributed by atoms with Gasteiger partial charge in [0.05, 0.1) is 16.3 Å². The molecule has 0 fully saturated rings. The summed E-state index contributed by atoms with van der Waals surface area (Å²) < 4.78 is 37.1. The molecule has 0 bridgehead atoms. The Kier molecular flexibility index (Phi) is 4.04. The van der Waals surface area contributed by atoms with Crippen LogP contribution in [0.25, 0.3) is 0 Å². The molecule has 0 saturated heterocycles. The van der Waals surface area contributed by atoms with Gasteiger partial charge in [0.1, 0.15) is 5.69 Å². The molecule has 1 aromatic heterocycles. The van der Waals surface area contributed by atoms with E-state index in [-0.39, 0.29) is 11.4 Å². The van der Waals surface area contributed by atoms with Gasteiger partial charge in [-0.3, -0.25) is 9.78 Å². The lowest BCUT2D eigenvalue weighted by atomic mass is 10.2. The standard InChI is InChI=1S/C13H9ClF3N3O/c14-9-3-2-8(5-10(9)18)20-12(21)11-4-1-7(6-19-11)13(15,16)17/h1-6H,18H2,(H,20,21). The normalized spacial score (nSPS) is 11.2. The molecule has 2 aromatic rings. The summed E-state index contributed by atoms with van der Waals surface area (Å²) in [4.78, 5) is 15.3. The number of carbonyl (C=O) groups is 1. The summed E-state index contributed by atoms with van der Waals surface area (Å²) in [5, 5.41) is 2.80. The Morgan fingerprint density at radius 2 is 1.95 bits per heavy atom. The zero-order valence-corrected chi connectivity index (χ0v) is 11.2. The Bertz CT molecular complexity index is 671. The van der Waals surface area contributed by atoms with Gasteiger partial charge < -0.3 is 11.1 Å². The van der Waals surface area contributed by atoms with Gasteiger partial charge in [-0.1, -0.05) is 11.6 Å². The summed E-state index contributed by atoms with van der Waals surface area (Å²) in [6.45, 7) is 0. The van der Waals surface area contributed by atoms with Gasteiger partial charge >= 0.3 is 6.18 Å². The fourth-order valence-corrected chi connectivity index (χ4v) is 1.63. The van der Waals surface area contributed by atoms with Gasteiger partial charge in [-0.25, -0.2) is 0 Å². The predicted molar refractivity (Wildman–Crippen MR) is 73.1 cm³/mol. The van der Waals surface area contributed by atoms with Crippen LogP contribution in [-0.4, -0.2) is 10.9 Å². The average molecular weight is 316 g/mol. The number of halogens is 4. The number of hydrogen-bond donors (Lipinski definition) is 2. The van der Waals surface area contributed by atoms with Crippen molar-refractivity contribution in [3.8, 4) is 0 Å². The Balaban J connectivity index is 2.15. The highest BCUT2D eigenvalue weighted by molar-refractivity contribution is 6.33. The molecule has 4 nitrogen and oxygen atoms in total. The number of carbonyl (C=O) groups excluding carboxylic acids is 1. The molecule has 2 rings (SSSR count). The number of rotatable bonds is 2. The molecule has 1 aromatic carbocycles. The SMILES string of the molecule is Nc1cc(NC(=O)c2ccc(C(F)(F)F)cn2)ccc1Cl. The van der Waals surface area contributed by atoms with Crippen molar-refractivity contribution in [3.63, 3.8) is 0 Å². The third-order valence-electron chi connectivity index (χ3n) is 2.58. The first-order valence-corrected chi connectivity index (χ1v) is 6.05. The van der Waals surface area contributed by atoms with Crippen LogP contribution < -0.4 is 11.1 Å². The highest BCUT2D eigenvalue weighted by Crippen LogP contribution is 2.28. The van der Waals surface area contributed by atoms with Gasteiger partial charge in [0.2, 0.25) is 0 Å². The first-order chi connectivity index (χ1) is 9.77. The molecular weight excluding hydrogens is 307 g/mol. The predicted octanol–water partition coefficient (Wildman–Crippen LogP) is 3.59. The number of hydrogen-bond acceptors (Lipinski definition) is 3. The van der Waals surface area contributed by atoms with Crippen LogP contribution in [0.15, 0.2) is 36.5 Å². The minimum atomic E-state index is -4.49. The molecule has 1 amide bonds. The van der Waals surface area contributed by atoms with Crippen molar-refractivity contribution in [1.29, 1.82) is 0 Å². The Labute approximate surface area is 122 Å². The summed E-state index contributed by atoms with van der Waals surface area (Å²) in [6, 6.07) is 6.23. The molecule has 0 radical (unpaired) electrons. The van der Waals surface area contributed by atoms with Crippen LogP contribution in [0.1, 0.15) is 16.1 Å². The number of amides is 1. The Morgan fingerprint density at radius 3 is 2.48 bits per heavy atom. The molecule has 0 unspecified atom stereocenters. The van der Waals surface area contributed by atoms with E-state index in [4.69, 9.17) is 17.3 Å². The molecule has 8 heteroatoms. The molecule has 21 heavy (non-hydrogen) atoms. The first-order valence-electron chi connectivity index (χ1n) is 5.67. The van der Waals surface area contributed by atoms with Crippen molar-refractivity contribution < 1.29 is 18.0 Å². The molecule has 0 spiro atoms. The van der Waals surface area contributed by atoms with Crippen LogP contribution in [0, 0.1) is 0 Å². The van der Waals surface area contributed by atoms with Gasteiger partial charge in [-0.15, -0.1) is 0 Å². The van der Waals surface area contributed by atoms with Crippen LogP contribution >= 0.6 is 11.6 Å². The highest BCUT2D eigenvalue weighted by Gasteiger charge is 2.30. The lowest BCUT2D eigenvalue weighted by Crippen LogP contribution is -2.15. The van der Waals surface area contributed by atoms with E-state index in [0.29, 0.717) is 16.9 Å². The summed E-state index contributed by atoms with van der Waals surface area (Å²) in [7, 11) is 0. The number of nitrogens with one attached hydrogen (secondary N) is 1. The number of anilines is 2. The van der Waals surface area contributed by atoms with Crippen molar-refractivity contribution in [2.45, 2.75) is 6.18 Å². The molecule has 0 aliphatic heterocycles. The molecule has 3 N–H and O–H groups in total. The van der Waals surface area contributed by atoms with Crippen LogP contribution in [-0.2, 0) is 6.18 Å². The third-order valence-corrected chi connectivity index (χ3v) is 2.92. The van der Waals surface area contributed by atoms with Crippen molar-refractivity contribution in [3.05, 3.63) is 52.8 Å². The minimum absolute atomic E-state index is 0.142. The van der Waals surface area contributed by atoms with Gasteiger partial charge in [-0.2, -0.15) is 13.2 Å². The summed E-state index contributed by atoms with van der Waals surface area (Å²) >= 11 is 5.74. The van der Waals surface area contributed by atoms with Crippen LogP contribution in [0.5, 0.6) is 0 Å². The number of alkyl halides is 3. The molecule has 1 heterocycles. The molecule has 110 valence electrons. The smallest absolute Gasteiger partial charge is 0.397 e. The summed E-state index contributed by atoms with van der Waals surface area (Å²) in [5.41, 5.74) is 5.15. The molecular formula is C13H9ClF3N3O. The number of nitrogen functional groups attached to an aromatic ring is 1. The lowest BCUT2D eigenvalue weighted by Gasteiger charge is -2.08. The van der Waals surface area contributed by atoms with Crippen LogP contribution in [0.2, 0.25) is 5.02 Å². The van der Waals surface area contributed by atoms with E-state index >= 15 is 0 Å². The number of benzene rings is 1. The molecule has 0 aliphatic carbocycles.